The molecular formula is C24H23FN2O5S2. The average Bonchev–Trinajstić information content (AvgIpc) is 3.49. The summed E-state index contributed by atoms with van der Waals surface area (Å²) in [6.45, 7) is 3.09. The van der Waals surface area contributed by atoms with Crippen LogP contribution >= 0.6 is 23.1 Å². The molecule has 2 bridgehead atoms. The highest BCUT2D eigenvalue weighted by Gasteiger charge is 2.69. The van der Waals surface area contributed by atoms with E-state index in [1.54, 1.807) is 37.7 Å². The molecular weight excluding hydrogens is 479 g/mol. The van der Waals surface area contributed by atoms with Crippen molar-refractivity contribution in [1.82, 2.24) is 9.88 Å². The fourth-order valence-electron chi connectivity index (χ4n) is 6.71. The Morgan fingerprint density at radius 3 is 2.50 bits per heavy atom. The van der Waals surface area contributed by atoms with Crippen LogP contribution < -0.4 is 4.87 Å². The van der Waals surface area contributed by atoms with Crippen molar-refractivity contribution in [1.29, 1.82) is 0 Å². The van der Waals surface area contributed by atoms with Gasteiger partial charge in [-0.1, -0.05) is 23.5 Å². The number of imide groups is 1. The third-order valence-electron chi connectivity index (χ3n) is 7.70. The summed E-state index contributed by atoms with van der Waals surface area (Å²) in [5.74, 6) is -2.58. The number of likely N-dealkylation sites (tertiary alicyclic amines) is 1. The molecule has 2 aliphatic heterocycles. The van der Waals surface area contributed by atoms with Gasteiger partial charge in [0.1, 0.15) is 12.4 Å². The molecule has 2 aromatic rings. The number of aromatic nitrogens is 1. The van der Waals surface area contributed by atoms with E-state index >= 15 is 0 Å². The van der Waals surface area contributed by atoms with Crippen molar-refractivity contribution in [2.24, 2.45) is 29.6 Å². The number of fused-ring (bicyclic) bond motifs is 9. The van der Waals surface area contributed by atoms with E-state index < -0.39 is 17.8 Å². The minimum Gasteiger partial charge on any atom is -0.462 e. The number of halogens is 1. The molecule has 3 fully saturated rings. The zero-order valence-electron chi connectivity index (χ0n) is 18.5. The summed E-state index contributed by atoms with van der Waals surface area (Å²) < 4.78 is 18.9. The van der Waals surface area contributed by atoms with Crippen LogP contribution in [-0.4, -0.2) is 45.6 Å². The van der Waals surface area contributed by atoms with Gasteiger partial charge in [-0.25, -0.2) is 4.39 Å². The van der Waals surface area contributed by atoms with Gasteiger partial charge >= 0.3 is 10.8 Å². The number of amides is 2. The molecule has 34 heavy (non-hydrogen) atoms. The van der Waals surface area contributed by atoms with Gasteiger partial charge in [0.2, 0.25) is 11.8 Å². The summed E-state index contributed by atoms with van der Waals surface area (Å²) in [7, 11) is 0. The number of H-pyrrole nitrogens is 1. The summed E-state index contributed by atoms with van der Waals surface area (Å²) in [6, 6.07) is 6.34. The Kier molecular flexibility index (Phi) is 5.04. The smallest absolute Gasteiger partial charge is 0.326 e. The molecule has 1 N–H and O–H groups in total. The predicted molar refractivity (Wildman–Crippen MR) is 123 cm³/mol. The number of benzene rings is 1. The Labute approximate surface area is 203 Å². The largest absolute Gasteiger partial charge is 0.462 e. The molecule has 178 valence electrons. The lowest BCUT2D eigenvalue weighted by Gasteiger charge is -2.43. The summed E-state index contributed by atoms with van der Waals surface area (Å²) in [4.78, 5) is 56.0. The van der Waals surface area contributed by atoms with Crippen LogP contribution in [0.3, 0.4) is 0 Å². The third kappa shape index (κ3) is 3.14. The molecule has 3 heterocycles. The highest BCUT2D eigenvalue weighted by atomic mass is 32.2. The van der Waals surface area contributed by atoms with Crippen LogP contribution in [0.5, 0.6) is 0 Å². The third-order valence-corrected chi connectivity index (χ3v) is 10.3. The Hall–Kier alpha value is -2.46. The number of thioether (sulfide) groups is 1. The van der Waals surface area contributed by atoms with E-state index in [1.807, 2.05) is 0 Å². The highest BCUT2D eigenvalue weighted by Crippen LogP contribution is 2.68. The molecule has 0 radical (unpaired) electrons. The van der Waals surface area contributed by atoms with Crippen molar-refractivity contribution in [3.63, 3.8) is 0 Å². The lowest BCUT2D eigenvalue weighted by Crippen LogP contribution is -2.42. The van der Waals surface area contributed by atoms with E-state index in [0.717, 1.165) is 26.8 Å². The quantitative estimate of drug-likeness (QED) is 0.510. The van der Waals surface area contributed by atoms with Gasteiger partial charge in [0.15, 0.2) is 0 Å². The molecule has 4 aliphatic rings. The first kappa shape index (κ1) is 22.0. The molecule has 10 heteroatoms. The van der Waals surface area contributed by atoms with Crippen LogP contribution in [0.1, 0.15) is 36.6 Å². The number of ether oxygens (including phenoxy) is 1. The summed E-state index contributed by atoms with van der Waals surface area (Å²) in [5.41, 5.74) is 0.909. The maximum atomic E-state index is 13.7. The first-order valence-corrected chi connectivity index (χ1v) is 13.1. The van der Waals surface area contributed by atoms with E-state index in [4.69, 9.17) is 4.74 Å². The van der Waals surface area contributed by atoms with Gasteiger partial charge in [-0.3, -0.25) is 24.1 Å². The molecule has 0 spiro atoms. The number of carbonyl (C=O) groups is 3. The van der Waals surface area contributed by atoms with Gasteiger partial charge in [-0.05, 0) is 55.7 Å². The van der Waals surface area contributed by atoms with Crippen molar-refractivity contribution < 1.29 is 23.5 Å². The zero-order chi connectivity index (χ0) is 23.9. The number of esters is 1. The minimum absolute atomic E-state index is 0.0212. The molecule has 1 saturated heterocycles. The van der Waals surface area contributed by atoms with E-state index in [-0.39, 0.29) is 64.1 Å². The Bertz CT molecular complexity index is 1250. The zero-order valence-corrected chi connectivity index (χ0v) is 20.2. The predicted octanol–water partition coefficient (Wildman–Crippen LogP) is 3.00. The number of thiazole rings is 1. The standard InChI is InChI=1S/C24H23FN2O5S2/c1-9(2)32-14(28)8-27-22(29)17-12-7-13(18(17)23(27)30)19-16(12)15(10-3-5-11(25)6-4-10)20-21(33-19)26-24(31)34-20/h3-6,9,12-13,15-19H,7-8H2,1-2H3,(H,26,31). The maximum Gasteiger partial charge on any atom is 0.326 e. The second-order valence-corrected chi connectivity index (χ2v) is 12.0. The second-order valence-electron chi connectivity index (χ2n) is 9.81. The first-order valence-electron chi connectivity index (χ1n) is 11.4. The van der Waals surface area contributed by atoms with E-state index in [0.29, 0.717) is 0 Å². The van der Waals surface area contributed by atoms with Crippen molar-refractivity contribution in [2.45, 2.75) is 42.6 Å². The molecule has 7 nitrogen and oxygen atoms in total. The Morgan fingerprint density at radius 1 is 1.15 bits per heavy atom. The molecule has 6 rings (SSSR count). The molecule has 1 aromatic carbocycles. The summed E-state index contributed by atoms with van der Waals surface area (Å²) >= 11 is 2.76. The monoisotopic (exact) mass is 502 g/mol. The molecule has 7 unspecified atom stereocenters. The van der Waals surface area contributed by atoms with Gasteiger partial charge in [0.05, 0.1) is 23.0 Å². The second kappa shape index (κ2) is 7.78. The minimum atomic E-state index is -0.584. The normalized spacial score (nSPS) is 33.3. The molecule has 2 amide bonds. The lowest BCUT2D eigenvalue weighted by atomic mass is 9.68. The number of nitrogens with zero attached hydrogens (tertiary/aromatic N) is 1. The van der Waals surface area contributed by atoms with Gasteiger partial charge < -0.3 is 9.72 Å². The lowest BCUT2D eigenvalue weighted by molar-refractivity contribution is -0.155. The fraction of sp³-hybridized carbons (Fsp3) is 0.500. The van der Waals surface area contributed by atoms with Crippen molar-refractivity contribution in [3.8, 4) is 0 Å². The van der Waals surface area contributed by atoms with Crippen LogP contribution in [0.25, 0.3) is 0 Å². The maximum absolute atomic E-state index is 13.7. The number of hydrogen-bond donors (Lipinski definition) is 1. The molecule has 2 saturated carbocycles. The number of carbonyl (C=O) groups excluding carboxylic acids is 3. The van der Waals surface area contributed by atoms with Crippen LogP contribution in [0.15, 0.2) is 34.1 Å². The van der Waals surface area contributed by atoms with Crippen LogP contribution in [0.2, 0.25) is 0 Å². The molecule has 2 aliphatic carbocycles. The van der Waals surface area contributed by atoms with Gasteiger partial charge in [-0.2, -0.15) is 0 Å². The Balaban J connectivity index is 1.37. The molecule has 7 atom stereocenters. The van der Waals surface area contributed by atoms with Crippen molar-refractivity contribution in [3.05, 3.63) is 50.2 Å². The summed E-state index contributed by atoms with van der Waals surface area (Å²) in [6.07, 6.45) is 0.434. The van der Waals surface area contributed by atoms with Crippen LogP contribution in [-0.2, 0) is 19.1 Å². The van der Waals surface area contributed by atoms with Gasteiger partial charge in [0, 0.05) is 16.0 Å². The number of nitrogens with one attached hydrogen (secondary N) is 1. The average molecular weight is 503 g/mol. The number of rotatable bonds is 4. The first-order chi connectivity index (χ1) is 16.2. The highest BCUT2D eigenvalue weighted by molar-refractivity contribution is 8.00. The summed E-state index contributed by atoms with van der Waals surface area (Å²) in [5, 5.41) is 0.863. The van der Waals surface area contributed by atoms with Crippen LogP contribution in [0, 0.1) is 35.4 Å². The number of hydrogen-bond acceptors (Lipinski definition) is 7. The topological polar surface area (TPSA) is 96.5 Å². The SMILES string of the molecule is CC(C)OC(=O)CN1C(=O)C2C3CC(C2C1=O)C1C(c2ccc(F)cc2)c2sc(=O)[nH]c2SC31. The van der Waals surface area contributed by atoms with Gasteiger partial charge in [0.25, 0.3) is 0 Å². The van der Waals surface area contributed by atoms with E-state index in [9.17, 15) is 23.6 Å². The van der Waals surface area contributed by atoms with Crippen molar-refractivity contribution in [2.75, 3.05) is 6.54 Å². The Morgan fingerprint density at radius 2 is 1.82 bits per heavy atom. The van der Waals surface area contributed by atoms with E-state index in [1.165, 1.54) is 23.5 Å². The van der Waals surface area contributed by atoms with Crippen LogP contribution in [0.4, 0.5) is 4.39 Å². The van der Waals surface area contributed by atoms with Crippen molar-refractivity contribution >= 4 is 40.9 Å². The van der Waals surface area contributed by atoms with Gasteiger partial charge in [-0.15, -0.1) is 11.8 Å². The molecule has 1 aromatic heterocycles. The number of aromatic amines is 1. The fourth-order valence-corrected chi connectivity index (χ4v) is 9.60. The van der Waals surface area contributed by atoms with E-state index in [2.05, 4.69) is 4.98 Å².